The molecule has 3 rings (SSSR count). The lowest BCUT2D eigenvalue weighted by Crippen LogP contribution is -2.33. The van der Waals surface area contributed by atoms with Crippen molar-refractivity contribution in [1.82, 2.24) is 4.98 Å². The van der Waals surface area contributed by atoms with Crippen molar-refractivity contribution >= 4 is 11.5 Å². The molecule has 0 saturated carbocycles. The van der Waals surface area contributed by atoms with Crippen LogP contribution in [0.1, 0.15) is 31.4 Å². The average Bonchev–Trinajstić information content (AvgIpc) is 2.68. The summed E-state index contributed by atoms with van der Waals surface area (Å²) in [6.07, 6.45) is 3.09. The lowest BCUT2D eigenvalue weighted by molar-refractivity contribution is -0.384. The molecule has 0 spiro atoms. The maximum atomic E-state index is 11.2. The van der Waals surface area contributed by atoms with E-state index in [0.717, 1.165) is 18.4 Å². The molecule has 2 unspecified atom stereocenters. The minimum absolute atomic E-state index is 0.0442. The molecule has 2 atom stereocenters. The van der Waals surface area contributed by atoms with Crippen LogP contribution in [0.5, 0.6) is 0 Å². The van der Waals surface area contributed by atoms with Crippen LogP contribution in [0, 0.1) is 10.1 Å². The topological polar surface area (TPSA) is 86.5 Å². The van der Waals surface area contributed by atoms with Gasteiger partial charge in [0, 0.05) is 25.5 Å². The summed E-state index contributed by atoms with van der Waals surface area (Å²) < 4.78 is 11.8. The molecule has 1 N–H and O–H groups in total. The maximum Gasteiger partial charge on any atom is 0.311 e. The summed E-state index contributed by atoms with van der Waals surface area (Å²) in [7, 11) is 0. The van der Waals surface area contributed by atoms with Gasteiger partial charge in [-0.1, -0.05) is 30.3 Å². The maximum absolute atomic E-state index is 11.2. The number of nitro groups is 1. The van der Waals surface area contributed by atoms with Gasteiger partial charge in [-0.2, -0.15) is 0 Å². The molecule has 138 valence electrons. The molecule has 2 aromatic rings. The predicted molar refractivity (Wildman–Crippen MR) is 98.1 cm³/mol. The number of aromatic nitrogens is 1. The van der Waals surface area contributed by atoms with Crippen LogP contribution in [0.25, 0.3) is 0 Å². The van der Waals surface area contributed by atoms with Crippen molar-refractivity contribution in [1.29, 1.82) is 0 Å². The summed E-state index contributed by atoms with van der Waals surface area (Å²) >= 11 is 0. The lowest BCUT2D eigenvalue weighted by atomic mass is 10.0. The van der Waals surface area contributed by atoms with Gasteiger partial charge in [0.15, 0.2) is 0 Å². The first-order valence-corrected chi connectivity index (χ1v) is 8.79. The molecule has 0 amide bonds. The molecule has 26 heavy (non-hydrogen) atoms. The molecule has 1 saturated heterocycles. The first-order chi connectivity index (χ1) is 12.6. The fourth-order valence-corrected chi connectivity index (χ4v) is 3.09. The van der Waals surface area contributed by atoms with Crippen molar-refractivity contribution in [2.75, 3.05) is 18.5 Å². The average molecular weight is 357 g/mol. The molecule has 2 heterocycles. The molecule has 1 aromatic carbocycles. The molecular weight excluding hydrogens is 334 g/mol. The number of benzene rings is 1. The second-order valence-corrected chi connectivity index (χ2v) is 6.34. The quantitative estimate of drug-likeness (QED) is 0.600. The molecular formula is C19H23N3O4. The number of hydrogen-bond acceptors (Lipinski definition) is 6. The van der Waals surface area contributed by atoms with E-state index in [-0.39, 0.29) is 29.8 Å². The van der Waals surface area contributed by atoms with Gasteiger partial charge in [0.2, 0.25) is 5.82 Å². The van der Waals surface area contributed by atoms with Crippen LogP contribution >= 0.6 is 0 Å². The van der Waals surface area contributed by atoms with E-state index < -0.39 is 4.92 Å². The van der Waals surface area contributed by atoms with Crippen molar-refractivity contribution in [3.8, 4) is 0 Å². The summed E-state index contributed by atoms with van der Waals surface area (Å²) in [5.74, 6) is 0.251. The second-order valence-electron chi connectivity index (χ2n) is 6.34. The van der Waals surface area contributed by atoms with Gasteiger partial charge in [-0.3, -0.25) is 10.1 Å². The molecule has 1 aliphatic rings. The second kappa shape index (κ2) is 8.73. The minimum atomic E-state index is -0.432. The van der Waals surface area contributed by atoms with E-state index in [4.69, 9.17) is 9.47 Å². The number of nitrogens with one attached hydrogen (secondary N) is 1. The largest absolute Gasteiger partial charge is 0.381 e. The van der Waals surface area contributed by atoms with Crippen molar-refractivity contribution in [3.63, 3.8) is 0 Å². The number of nitrogens with zero attached hydrogens (tertiary/aromatic N) is 2. The van der Waals surface area contributed by atoms with Gasteiger partial charge in [0.25, 0.3) is 0 Å². The van der Waals surface area contributed by atoms with Gasteiger partial charge < -0.3 is 14.8 Å². The molecule has 0 radical (unpaired) electrons. The highest BCUT2D eigenvalue weighted by Gasteiger charge is 2.27. The minimum Gasteiger partial charge on any atom is -0.381 e. The monoisotopic (exact) mass is 357 g/mol. The molecule has 7 heteroatoms. The molecule has 0 bridgehead atoms. The van der Waals surface area contributed by atoms with E-state index in [1.54, 1.807) is 12.3 Å². The van der Waals surface area contributed by atoms with Crippen LogP contribution in [0.2, 0.25) is 0 Å². The number of hydrogen-bond donors (Lipinski definition) is 1. The Bertz CT molecular complexity index is 720. The highest BCUT2D eigenvalue weighted by molar-refractivity contribution is 5.55. The van der Waals surface area contributed by atoms with Gasteiger partial charge in [0.05, 0.1) is 17.1 Å². The summed E-state index contributed by atoms with van der Waals surface area (Å²) in [5, 5.41) is 14.4. The summed E-state index contributed by atoms with van der Waals surface area (Å²) in [6, 6.07) is 12.7. The van der Waals surface area contributed by atoms with E-state index in [9.17, 15) is 10.1 Å². The fourth-order valence-electron chi connectivity index (χ4n) is 3.09. The van der Waals surface area contributed by atoms with Crippen LogP contribution < -0.4 is 5.32 Å². The van der Waals surface area contributed by atoms with Gasteiger partial charge in [-0.15, -0.1) is 0 Å². The number of rotatable bonds is 7. The Morgan fingerprint density at radius 2 is 1.96 bits per heavy atom. The van der Waals surface area contributed by atoms with Crippen LogP contribution in [-0.4, -0.2) is 35.3 Å². The summed E-state index contributed by atoms with van der Waals surface area (Å²) in [6.45, 7) is 3.34. The lowest BCUT2D eigenvalue weighted by Gasteiger charge is -2.32. The van der Waals surface area contributed by atoms with Crippen LogP contribution in [-0.2, 0) is 9.47 Å². The first kappa shape index (κ1) is 18.3. The number of anilines is 1. The summed E-state index contributed by atoms with van der Waals surface area (Å²) in [5.41, 5.74) is 0.981. The van der Waals surface area contributed by atoms with Crippen molar-refractivity contribution in [2.24, 2.45) is 0 Å². The highest BCUT2D eigenvalue weighted by Crippen LogP contribution is 2.30. The molecule has 1 aliphatic heterocycles. The van der Waals surface area contributed by atoms with Gasteiger partial charge >= 0.3 is 5.69 Å². The van der Waals surface area contributed by atoms with Gasteiger partial charge in [-0.25, -0.2) is 4.98 Å². The zero-order valence-corrected chi connectivity index (χ0v) is 14.7. The number of ether oxygens (including phenoxy) is 2. The van der Waals surface area contributed by atoms with Crippen molar-refractivity contribution in [3.05, 3.63) is 64.3 Å². The number of pyridine rings is 1. The van der Waals surface area contributed by atoms with E-state index >= 15 is 0 Å². The normalized spacial score (nSPS) is 17.4. The third kappa shape index (κ3) is 4.56. The smallest absolute Gasteiger partial charge is 0.311 e. The molecule has 7 nitrogen and oxygen atoms in total. The highest BCUT2D eigenvalue weighted by atomic mass is 16.6. The Morgan fingerprint density at radius 3 is 2.65 bits per heavy atom. The Labute approximate surface area is 152 Å². The van der Waals surface area contributed by atoms with Crippen LogP contribution in [0.3, 0.4) is 0 Å². The van der Waals surface area contributed by atoms with E-state index in [0.29, 0.717) is 13.2 Å². The van der Waals surface area contributed by atoms with Crippen LogP contribution in [0.4, 0.5) is 11.5 Å². The van der Waals surface area contributed by atoms with E-state index in [2.05, 4.69) is 10.3 Å². The first-order valence-electron chi connectivity index (χ1n) is 8.79. The predicted octanol–water partition coefficient (Wildman–Crippen LogP) is 3.73. The zero-order valence-electron chi connectivity index (χ0n) is 14.7. The fraction of sp³-hybridized carbons (Fsp3) is 0.421. The van der Waals surface area contributed by atoms with E-state index in [1.807, 2.05) is 37.3 Å². The summed E-state index contributed by atoms with van der Waals surface area (Å²) in [4.78, 5) is 14.9. The Hall–Kier alpha value is -2.51. The van der Waals surface area contributed by atoms with Gasteiger partial charge in [-0.05, 0) is 31.4 Å². The Morgan fingerprint density at radius 1 is 1.23 bits per heavy atom. The zero-order chi connectivity index (χ0) is 18.4. The molecule has 0 aliphatic carbocycles. The van der Waals surface area contributed by atoms with Crippen LogP contribution in [0.15, 0.2) is 48.7 Å². The molecule has 1 aromatic heterocycles. The third-order valence-electron chi connectivity index (χ3n) is 4.44. The van der Waals surface area contributed by atoms with E-state index in [1.165, 1.54) is 6.07 Å². The Kier molecular flexibility index (Phi) is 6.14. The standard InChI is InChI=1S/C19H23N3O4/c1-14(21-19-17(22(23)24)8-5-11-20-19)18(15-6-3-2-4-7-15)26-16-9-12-25-13-10-16/h2-8,11,14,16,18H,9-10,12-13H2,1H3,(H,20,21). The Balaban J connectivity index is 1.80. The third-order valence-corrected chi connectivity index (χ3v) is 4.44. The SMILES string of the molecule is CC(Nc1ncccc1[N+](=O)[O-])C(OC1CCOCC1)c1ccccc1. The molecule has 1 fully saturated rings. The van der Waals surface area contributed by atoms with Crippen molar-refractivity contribution in [2.45, 2.75) is 38.0 Å². The van der Waals surface area contributed by atoms with Gasteiger partial charge in [0.1, 0.15) is 6.10 Å². The van der Waals surface area contributed by atoms with Crippen molar-refractivity contribution < 1.29 is 14.4 Å².